The molecule has 13 nitrogen and oxygen atoms in total. The summed E-state index contributed by atoms with van der Waals surface area (Å²) in [6.07, 6.45) is -4.70. The predicted octanol–water partition coefficient (Wildman–Crippen LogP) is -23.4. The van der Waals surface area contributed by atoms with Gasteiger partial charge in [-0.1, -0.05) is 22.8 Å². The molecule has 0 aliphatic heterocycles. The Kier molecular flexibility index (Phi) is 46.8. The molecule has 0 spiro atoms. The Bertz CT molecular complexity index is 524. The summed E-state index contributed by atoms with van der Waals surface area (Å²) >= 11 is 0. The third kappa shape index (κ3) is 36.7. The first-order valence-corrected chi connectivity index (χ1v) is 13.7. The first kappa shape index (κ1) is 53.9. The molecule has 31 heavy (non-hydrogen) atoms. The van der Waals surface area contributed by atoms with E-state index in [9.17, 15) is 43.1 Å². The average molecular weight is 580 g/mol. The Hall–Kier alpha value is 6.72. The number of nitrogens with zero attached hydrogens (tertiary/aromatic N) is 2. The molecule has 0 amide bonds. The van der Waals surface area contributed by atoms with Gasteiger partial charge in [-0.15, -0.1) is 0 Å². The molecule has 0 rings (SSSR count). The zero-order chi connectivity index (χ0) is 19.9. The van der Waals surface area contributed by atoms with E-state index < -0.39 is 68.8 Å². The van der Waals surface area contributed by atoms with Crippen molar-refractivity contribution in [3.8, 4) is 0 Å². The second-order valence-corrected chi connectivity index (χ2v) is 11.8. The Morgan fingerprint density at radius 3 is 1.10 bits per heavy atom. The number of rotatable bonds is 13. The first-order valence-electron chi connectivity index (χ1n) is 6.57. The molecule has 0 unspecified atom stereocenters. The molecule has 0 saturated carbocycles. The van der Waals surface area contributed by atoms with Crippen LogP contribution < -0.4 is 207 Å². The normalized spacial score (nSPS) is 11.3. The maximum absolute atomic E-state index is 10.9. The second kappa shape index (κ2) is 26.9. The minimum Gasteiger partial charge on any atom is -0.810 e. The molecule has 23 heteroatoms. The van der Waals surface area contributed by atoms with Crippen molar-refractivity contribution in [3.63, 3.8) is 0 Å². The summed E-state index contributed by atoms with van der Waals surface area (Å²) in [5.41, 5.74) is 0. The molecule has 0 saturated heterocycles. The molecule has 0 heterocycles. The molecule has 0 aromatic heterocycles. The number of hydrogen-bond donors (Lipinski definition) is 2. The summed E-state index contributed by atoms with van der Waals surface area (Å²) < 4.78 is 32.5. The molecule has 0 aliphatic rings. The van der Waals surface area contributed by atoms with Crippen molar-refractivity contribution in [1.29, 1.82) is 0 Å². The molecule has 0 radical (unpaired) electrons. The monoisotopic (exact) mass is 580 g/mol. The summed E-state index contributed by atoms with van der Waals surface area (Å²) in [4.78, 5) is 66.4. The van der Waals surface area contributed by atoms with E-state index in [1.54, 1.807) is 0 Å². The van der Waals surface area contributed by atoms with Gasteiger partial charge in [-0.25, -0.2) is 0 Å². The summed E-state index contributed by atoms with van der Waals surface area (Å²) in [6.45, 7) is -0.893. The number of aliphatic hydroxyl groups is 2. The van der Waals surface area contributed by atoms with E-state index in [0.717, 1.165) is 4.90 Å². The molecule has 0 bridgehead atoms. The van der Waals surface area contributed by atoms with Crippen LogP contribution in [0, 0.1) is 0 Å². The van der Waals surface area contributed by atoms with Crippen LogP contribution in [0.1, 0.15) is 0 Å². The second-order valence-electron chi connectivity index (χ2n) is 5.14. The van der Waals surface area contributed by atoms with Gasteiger partial charge in [0.1, 0.15) is 0 Å². The minimum absolute atomic E-state index is 0. The van der Waals surface area contributed by atoms with Gasteiger partial charge in [0.2, 0.25) is 0 Å². The van der Waals surface area contributed by atoms with Gasteiger partial charge >= 0.3 is 177 Å². The topological polar surface area (TPSA) is 237 Å². The van der Waals surface area contributed by atoms with Crippen LogP contribution in [0.2, 0.25) is 0 Å². The third-order valence-electron chi connectivity index (χ3n) is 2.65. The van der Waals surface area contributed by atoms with Gasteiger partial charge < -0.3 is 53.3 Å². The fraction of sp³-hybridized carbons (Fsp3) is 1.00. The summed E-state index contributed by atoms with van der Waals surface area (Å²) in [7, 11) is -16.9. The van der Waals surface area contributed by atoms with E-state index in [2.05, 4.69) is 0 Å². The fourth-order valence-electron chi connectivity index (χ4n) is 1.81. The van der Waals surface area contributed by atoms with Crippen molar-refractivity contribution < 1.29 is 231 Å². The van der Waals surface area contributed by atoms with Crippen molar-refractivity contribution in [2.75, 3.05) is 50.9 Å². The number of hydrogen-bond acceptors (Lipinski definition) is 13. The third-order valence-corrected chi connectivity index (χ3v) is 6.49. The smallest absolute Gasteiger partial charge is 0.810 e. The van der Waals surface area contributed by atoms with Crippen molar-refractivity contribution in [2.45, 2.75) is 0 Å². The minimum atomic E-state index is -5.19. The van der Waals surface area contributed by atoms with Crippen LogP contribution in [0.3, 0.4) is 0 Å². The van der Waals surface area contributed by atoms with Crippen molar-refractivity contribution in [3.05, 3.63) is 0 Å². The van der Waals surface area contributed by atoms with Crippen LogP contribution in [0.25, 0.3) is 0 Å². The zero-order valence-electron chi connectivity index (χ0n) is 18.9. The van der Waals surface area contributed by atoms with Crippen LogP contribution in [0.4, 0.5) is 0 Å². The Balaban J connectivity index is -0.000000192. The fourth-order valence-corrected chi connectivity index (χ4v) is 5.39. The van der Waals surface area contributed by atoms with E-state index in [4.69, 9.17) is 10.2 Å². The van der Waals surface area contributed by atoms with E-state index in [1.807, 2.05) is 0 Å². The van der Waals surface area contributed by atoms with Crippen LogP contribution in [-0.4, -0.2) is 70.9 Å². The Morgan fingerprint density at radius 1 is 0.581 bits per heavy atom. The maximum atomic E-state index is 10.9. The van der Waals surface area contributed by atoms with Crippen molar-refractivity contribution >= 4 is 30.7 Å². The molecular weight excluding hydrogens is 562 g/mol. The Labute approximate surface area is 316 Å². The molecular formula is C8H18N2Na6O11P4. The van der Waals surface area contributed by atoms with Crippen LogP contribution in [0.5, 0.6) is 0 Å². The van der Waals surface area contributed by atoms with Gasteiger partial charge in [-0.05, 0) is 7.92 Å². The molecule has 0 aromatic carbocycles. The molecule has 0 atom stereocenters. The van der Waals surface area contributed by atoms with E-state index in [-0.39, 0.29) is 190 Å². The summed E-state index contributed by atoms with van der Waals surface area (Å²) in [6, 6.07) is 0. The molecule has 0 aliphatic carbocycles. The summed E-state index contributed by atoms with van der Waals surface area (Å²) in [5, 5.41) is 18.0. The van der Waals surface area contributed by atoms with Gasteiger partial charge in [0.05, 0.1) is 12.7 Å². The van der Waals surface area contributed by atoms with Crippen molar-refractivity contribution in [2.24, 2.45) is 0 Å². The average Bonchev–Trinajstić information content (AvgIpc) is 2.36. The van der Waals surface area contributed by atoms with Gasteiger partial charge in [0.15, 0.2) is 0 Å². The van der Waals surface area contributed by atoms with Crippen LogP contribution in [-0.2, 0) is 13.7 Å². The Morgan fingerprint density at radius 2 is 0.839 bits per heavy atom. The van der Waals surface area contributed by atoms with E-state index in [0.29, 0.717) is 4.90 Å². The van der Waals surface area contributed by atoms with Gasteiger partial charge in [-0.3, -0.25) is 9.80 Å². The van der Waals surface area contributed by atoms with Gasteiger partial charge in [0, 0.05) is 38.2 Å². The molecule has 0 fully saturated rings. The predicted molar refractivity (Wildman–Crippen MR) is 76.8 cm³/mol. The SMILES string of the molecule is O=P([O-])([O-])CN(CCN(CP(=O)([O-])[O-])CP(=O)([O-])[O-])CP(CO)CO.[Na+].[Na+].[Na+].[Na+].[Na+].[Na+]. The molecule has 152 valence electrons. The quantitative estimate of drug-likeness (QED) is 0.152. The van der Waals surface area contributed by atoms with Crippen LogP contribution in [0.15, 0.2) is 0 Å². The van der Waals surface area contributed by atoms with E-state index >= 15 is 0 Å². The van der Waals surface area contributed by atoms with E-state index in [1.165, 1.54) is 0 Å². The molecule has 2 N–H and O–H groups in total. The van der Waals surface area contributed by atoms with Gasteiger partial charge in [-0.2, -0.15) is 0 Å². The first-order chi connectivity index (χ1) is 11.1. The summed E-state index contributed by atoms with van der Waals surface area (Å²) in [5.74, 6) is 0. The van der Waals surface area contributed by atoms with Crippen molar-refractivity contribution in [1.82, 2.24) is 9.80 Å². The number of aliphatic hydroxyl groups excluding tert-OH is 2. The largest absolute Gasteiger partial charge is 1.00 e. The van der Waals surface area contributed by atoms with Gasteiger partial charge in [0.25, 0.3) is 0 Å². The maximum Gasteiger partial charge on any atom is 1.00 e. The standard InChI is InChI=1S/C8H24N2O11P4.6Na/c11-7-22(8-12)3-9(4-23(13,14)15)1-2-10(5-24(16,17)18)6-25(19,20)21;;;;;;/h11-12H,1-8H2,(H2,13,14,15)(H2,16,17,18)(H2,19,20,21);;;;;;/q;6*+1/p-6. The molecule has 0 aromatic rings. The van der Waals surface area contributed by atoms with Crippen LogP contribution >= 0.6 is 30.7 Å². The zero-order valence-corrected chi connectivity index (χ0v) is 34.5.